The summed E-state index contributed by atoms with van der Waals surface area (Å²) in [5.41, 5.74) is 1.45. The lowest BCUT2D eigenvalue weighted by atomic mass is 9.38. The van der Waals surface area contributed by atoms with Gasteiger partial charge in [0.15, 0.2) is 0 Å². The highest BCUT2D eigenvalue weighted by atomic mass is 16.5. The molecular weight excluding hydrogens is 408 g/mol. The minimum absolute atomic E-state index is 0.222. The fourth-order valence-corrected chi connectivity index (χ4v) is 10.2. The predicted molar refractivity (Wildman–Crippen MR) is 134 cm³/mol. The summed E-state index contributed by atoms with van der Waals surface area (Å²) in [6.45, 7) is 17.0. The van der Waals surface area contributed by atoms with Gasteiger partial charge in [-0.2, -0.15) is 0 Å². The summed E-state index contributed by atoms with van der Waals surface area (Å²) >= 11 is 0. The molecule has 2 N–H and O–H groups in total. The van der Waals surface area contributed by atoms with Crippen LogP contribution in [-0.2, 0) is 4.74 Å². The second kappa shape index (κ2) is 7.43. The highest BCUT2D eigenvalue weighted by Gasteiger charge is 2.75. The van der Waals surface area contributed by atoms with E-state index in [-0.39, 0.29) is 34.1 Å². The molecule has 1 spiro atoms. The van der Waals surface area contributed by atoms with E-state index in [0.717, 1.165) is 25.9 Å². The van der Waals surface area contributed by atoms with Crippen LogP contribution in [-0.4, -0.2) is 34.6 Å². The lowest BCUT2D eigenvalue weighted by Crippen LogP contribution is -2.64. The van der Waals surface area contributed by atoms with Crippen molar-refractivity contribution < 1.29 is 14.9 Å². The third kappa shape index (κ3) is 2.91. The quantitative estimate of drug-likeness (QED) is 0.488. The first-order valence-corrected chi connectivity index (χ1v) is 13.7. The lowest BCUT2D eigenvalue weighted by molar-refractivity contribution is -0.169. The van der Waals surface area contributed by atoms with Gasteiger partial charge in [0, 0.05) is 16.7 Å². The fraction of sp³-hybridized carbons (Fsp3) is 0.867. The molecule has 0 aromatic rings. The number of ether oxygens (including phenoxy) is 1. The van der Waals surface area contributed by atoms with Gasteiger partial charge in [-0.25, -0.2) is 0 Å². The van der Waals surface area contributed by atoms with Crippen LogP contribution in [0, 0.1) is 45.3 Å². The van der Waals surface area contributed by atoms with Gasteiger partial charge in [-0.1, -0.05) is 58.4 Å². The molecule has 186 valence electrons. The van der Waals surface area contributed by atoms with E-state index in [9.17, 15) is 10.2 Å². The first kappa shape index (κ1) is 24.1. The maximum Gasteiger partial charge on any atom is 0.0972 e. The number of fused-ring (bicyclic) bond motifs is 2. The van der Waals surface area contributed by atoms with Crippen LogP contribution in [0.1, 0.15) is 93.4 Å². The predicted octanol–water partition coefficient (Wildman–Crippen LogP) is 6.29. The van der Waals surface area contributed by atoms with Crippen molar-refractivity contribution >= 4 is 0 Å². The van der Waals surface area contributed by atoms with Crippen molar-refractivity contribution in [2.45, 2.75) is 111 Å². The Hall–Kier alpha value is -0.640. The van der Waals surface area contributed by atoms with Crippen LogP contribution in [0.4, 0.5) is 0 Å². The van der Waals surface area contributed by atoms with E-state index in [0.29, 0.717) is 29.1 Å². The molecule has 5 rings (SSSR count). The fourth-order valence-electron chi connectivity index (χ4n) is 10.2. The first-order valence-electron chi connectivity index (χ1n) is 13.7. The highest BCUT2D eigenvalue weighted by molar-refractivity contribution is 5.33. The lowest BCUT2D eigenvalue weighted by Gasteiger charge is -2.65. The molecule has 3 nitrogen and oxygen atoms in total. The van der Waals surface area contributed by atoms with Gasteiger partial charge in [-0.15, -0.1) is 0 Å². The minimum atomic E-state index is -0.329. The van der Waals surface area contributed by atoms with Gasteiger partial charge in [-0.05, 0) is 87.4 Å². The van der Waals surface area contributed by atoms with Crippen LogP contribution in [0.3, 0.4) is 0 Å². The molecule has 3 heteroatoms. The average molecular weight is 457 g/mol. The van der Waals surface area contributed by atoms with Crippen molar-refractivity contribution in [2.75, 3.05) is 6.61 Å². The van der Waals surface area contributed by atoms with Crippen LogP contribution < -0.4 is 0 Å². The summed E-state index contributed by atoms with van der Waals surface area (Å²) in [4.78, 5) is 0. The van der Waals surface area contributed by atoms with Crippen molar-refractivity contribution in [2.24, 2.45) is 45.3 Å². The van der Waals surface area contributed by atoms with E-state index in [1.54, 1.807) is 0 Å². The zero-order valence-corrected chi connectivity index (χ0v) is 22.2. The molecule has 3 saturated carbocycles. The Labute approximate surface area is 202 Å². The van der Waals surface area contributed by atoms with Crippen molar-refractivity contribution in [1.82, 2.24) is 0 Å². The smallest absolute Gasteiger partial charge is 0.0972 e. The molecule has 0 radical (unpaired) electrons. The molecule has 0 amide bonds. The van der Waals surface area contributed by atoms with Gasteiger partial charge in [-0.3, -0.25) is 0 Å². The number of hydrogen-bond acceptors (Lipinski definition) is 3. The van der Waals surface area contributed by atoms with Crippen LogP contribution in [0.5, 0.6) is 0 Å². The largest absolute Gasteiger partial charge is 0.392 e. The molecule has 1 saturated heterocycles. The van der Waals surface area contributed by atoms with Gasteiger partial charge < -0.3 is 14.9 Å². The van der Waals surface area contributed by atoms with Gasteiger partial charge in [0.1, 0.15) is 0 Å². The molecule has 2 unspecified atom stereocenters. The molecule has 33 heavy (non-hydrogen) atoms. The van der Waals surface area contributed by atoms with Crippen molar-refractivity contribution in [1.29, 1.82) is 0 Å². The molecule has 0 aromatic carbocycles. The van der Waals surface area contributed by atoms with Crippen LogP contribution in [0.2, 0.25) is 0 Å². The summed E-state index contributed by atoms with van der Waals surface area (Å²) in [6.07, 6.45) is 14.3. The molecule has 2 bridgehead atoms. The van der Waals surface area contributed by atoms with Crippen LogP contribution >= 0.6 is 0 Å². The molecule has 1 aliphatic heterocycles. The molecule has 4 aliphatic carbocycles. The van der Waals surface area contributed by atoms with Crippen molar-refractivity contribution in [3.63, 3.8) is 0 Å². The SMILES string of the molecule is CC(C)=CC(O)C[C@@H](C)[C@H]1CC[C@@]2(C)[C@@H]3C=C[C@@]45OC[C@]3(CC[C@]12C)C4CC[C@H](O)C5(C)C. The monoisotopic (exact) mass is 456 g/mol. The van der Waals surface area contributed by atoms with E-state index < -0.39 is 0 Å². The number of aliphatic hydroxyl groups excluding tert-OH is 2. The highest BCUT2D eigenvalue weighted by Crippen LogP contribution is 2.77. The Morgan fingerprint density at radius 3 is 2.48 bits per heavy atom. The van der Waals surface area contributed by atoms with E-state index in [4.69, 9.17) is 4.74 Å². The minimum Gasteiger partial charge on any atom is -0.392 e. The zero-order valence-electron chi connectivity index (χ0n) is 22.2. The standard InChI is InChI=1S/C30H48O3/c1-19(2)16-21(31)17-20(3)22-10-12-28(7)23-11-13-30-24(8-9-25(32)26(30,4)5)29(23,18-33-30)15-14-27(22,28)6/h11,13,16,20-25,31-32H,8-10,12,14-15,17-18H2,1-7H3/t20-,21?,22-,23+,24?,25+,27-,28+,29+,30-/m1/s1. The summed E-state index contributed by atoms with van der Waals surface area (Å²) < 4.78 is 6.82. The number of aliphatic hydroxyl groups is 2. The second-order valence-corrected chi connectivity index (χ2v) is 14.0. The van der Waals surface area contributed by atoms with Crippen LogP contribution in [0.25, 0.3) is 0 Å². The normalized spacial score (nSPS) is 51.3. The molecule has 4 fully saturated rings. The van der Waals surface area contributed by atoms with E-state index in [1.807, 2.05) is 6.08 Å². The summed E-state index contributed by atoms with van der Waals surface area (Å²) in [6, 6.07) is 0. The molecule has 0 aromatic heterocycles. The van der Waals surface area contributed by atoms with E-state index in [2.05, 4.69) is 60.6 Å². The molecular formula is C30H48O3. The average Bonchev–Trinajstić information content (AvgIpc) is 3.11. The maximum absolute atomic E-state index is 10.9. The summed E-state index contributed by atoms with van der Waals surface area (Å²) in [7, 11) is 0. The third-order valence-electron chi connectivity index (χ3n) is 12.2. The number of hydrogen-bond donors (Lipinski definition) is 2. The Bertz CT molecular complexity index is 855. The van der Waals surface area contributed by atoms with Gasteiger partial charge in [0.25, 0.3) is 0 Å². The number of allylic oxidation sites excluding steroid dienone is 2. The molecule has 1 heterocycles. The van der Waals surface area contributed by atoms with E-state index >= 15 is 0 Å². The van der Waals surface area contributed by atoms with Crippen molar-refractivity contribution in [3.05, 3.63) is 23.8 Å². The van der Waals surface area contributed by atoms with Gasteiger partial charge >= 0.3 is 0 Å². The summed E-state index contributed by atoms with van der Waals surface area (Å²) in [5.74, 6) is 2.25. The molecule has 10 atom stereocenters. The van der Waals surface area contributed by atoms with E-state index in [1.165, 1.54) is 31.3 Å². The van der Waals surface area contributed by atoms with Crippen molar-refractivity contribution in [3.8, 4) is 0 Å². The Balaban J connectivity index is 1.48. The Kier molecular flexibility index (Phi) is 5.42. The third-order valence-corrected chi connectivity index (χ3v) is 12.2. The maximum atomic E-state index is 10.9. The molecule has 5 aliphatic rings. The Morgan fingerprint density at radius 2 is 1.79 bits per heavy atom. The first-order chi connectivity index (χ1) is 15.3. The second-order valence-electron chi connectivity index (χ2n) is 14.0. The zero-order chi connectivity index (χ0) is 24.0. The van der Waals surface area contributed by atoms with Gasteiger partial charge in [0.2, 0.25) is 0 Å². The van der Waals surface area contributed by atoms with Crippen LogP contribution in [0.15, 0.2) is 23.8 Å². The number of rotatable bonds is 4. The van der Waals surface area contributed by atoms with Gasteiger partial charge in [0.05, 0.1) is 24.4 Å². The Morgan fingerprint density at radius 1 is 1.06 bits per heavy atom. The summed E-state index contributed by atoms with van der Waals surface area (Å²) in [5, 5.41) is 21.6. The topological polar surface area (TPSA) is 49.7 Å².